The summed E-state index contributed by atoms with van der Waals surface area (Å²) in [5, 5.41) is 15.5. The van der Waals surface area contributed by atoms with Crippen LogP contribution in [-0.4, -0.2) is 41.4 Å². The van der Waals surface area contributed by atoms with E-state index < -0.39 is 29.2 Å². The Labute approximate surface area is 169 Å². The highest BCUT2D eigenvalue weighted by atomic mass is 16.4. The van der Waals surface area contributed by atoms with Crippen molar-refractivity contribution in [2.75, 3.05) is 6.54 Å². The van der Waals surface area contributed by atoms with Crippen molar-refractivity contribution in [3.05, 3.63) is 23.8 Å². The third kappa shape index (κ3) is 6.60. The number of carboxylic acid groups (broad SMARTS) is 1. The number of carboxylic acids is 1. The van der Waals surface area contributed by atoms with Gasteiger partial charge >= 0.3 is 12.0 Å². The summed E-state index contributed by atoms with van der Waals surface area (Å²) in [6.45, 7) is 1.97. The number of imide groups is 2. The lowest BCUT2D eigenvalue weighted by atomic mass is 9.72. The summed E-state index contributed by atoms with van der Waals surface area (Å²) < 4.78 is 0. The summed E-state index contributed by atoms with van der Waals surface area (Å²) in [4.78, 5) is 58.8. The van der Waals surface area contributed by atoms with Crippen molar-refractivity contribution in [2.45, 2.75) is 45.4 Å². The monoisotopic (exact) mass is 403 g/mol. The quantitative estimate of drug-likeness (QED) is 0.176. The Morgan fingerprint density at radius 2 is 1.79 bits per heavy atom. The lowest BCUT2D eigenvalue weighted by molar-refractivity contribution is -0.142. The second-order valence-electron chi connectivity index (χ2n) is 6.44. The fourth-order valence-electron chi connectivity index (χ4n) is 3.04. The molecule has 0 bridgehead atoms. The van der Waals surface area contributed by atoms with Gasteiger partial charge in [0.05, 0.1) is 0 Å². The molecule has 0 radical (unpaired) electrons. The van der Waals surface area contributed by atoms with E-state index in [-0.39, 0.29) is 31.6 Å². The summed E-state index contributed by atoms with van der Waals surface area (Å²) in [6, 6.07) is -0.874. The summed E-state index contributed by atoms with van der Waals surface area (Å²) >= 11 is 0. The Morgan fingerprint density at radius 3 is 2.34 bits per heavy atom. The molecule has 0 aromatic rings. The van der Waals surface area contributed by atoms with Gasteiger partial charge in [-0.2, -0.15) is 0 Å². The van der Waals surface area contributed by atoms with E-state index >= 15 is 0 Å². The second kappa shape index (κ2) is 11.4. The minimum absolute atomic E-state index is 0.0732. The van der Waals surface area contributed by atoms with Gasteiger partial charge in [-0.3, -0.25) is 29.8 Å². The van der Waals surface area contributed by atoms with E-state index in [1.807, 2.05) is 0 Å². The zero-order chi connectivity index (χ0) is 21.9. The van der Waals surface area contributed by atoms with Crippen molar-refractivity contribution in [1.82, 2.24) is 16.0 Å². The molecular formula is C20H25N3O6. The van der Waals surface area contributed by atoms with Crippen LogP contribution in [0.3, 0.4) is 0 Å². The molecule has 4 N–H and O–H groups in total. The van der Waals surface area contributed by atoms with Crippen LogP contribution in [-0.2, 0) is 19.2 Å². The number of unbranched alkanes of at least 4 members (excludes halogenated alkanes) is 1. The van der Waals surface area contributed by atoms with Crippen LogP contribution in [0.25, 0.3) is 0 Å². The van der Waals surface area contributed by atoms with Gasteiger partial charge in [0.2, 0.25) is 17.7 Å². The molecule has 0 aromatic carbocycles. The van der Waals surface area contributed by atoms with Crippen molar-refractivity contribution in [3.8, 4) is 12.3 Å². The van der Waals surface area contributed by atoms with E-state index in [0.29, 0.717) is 25.0 Å². The molecule has 1 fully saturated rings. The van der Waals surface area contributed by atoms with E-state index in [4.69, 9.17) is 11.5 Å². The maximum Gasteiger partial charge on any atom is 0.328 e. The maximum absolute atomic E-state index is 12.6. The Hall–Kier alpha value is -3.41. The van der Waals surface area contributed by atoms with Crippen molar-refractivity contribution < 1.29 is 29.1 Å². The van der Waals surface area contributed by atoms with Gasteiger partial charge in [-0.15, -0.1) is 6.42 Å². The third-order valence-electron chi connectivity index (χ3n) is 4.49. The van der Waals surface area contributed by atoms with Gasteiger partial charge in [0, 0.05) is 19.4 Å². The number of terminal acetylenes is 1. The Kier molecular flexibility index (Phi) is 9.32. The first kappa shape index (κ1) is 23.6. The SMILES string of the molecule is C#C/C=C\C(=C/C)C1(CCCCNC(=O)CCCC(=O)O)C(=O)NC(=O)NC1=O. The Bertz CT molecular complexity index is 756. The molecule has 0 aromatic heterocycles. The normalized spacial score (nSPS) is 16.1. The number of barbiturate groups is 1. The first-order chi connectivity index (χ1) is 13.8. The molecule has 0 atom stereocenters. The zero-order valence-corrected chi connectivity index (χ0v) is 16.2. The van der Waals surface area contributed by atoms with Gasteiger partial charge in [0.15, 0.2) is 5.41 Å². The molecule has 1 rings (SSSR count). The molecule has 0 saturated carbocycles. The van der Waals surface area contributed by atoms with Crippen LogP contribution in [0.5, 0.6) is 0 Å². The minimum atomic E-state index is -1.60. The smallest absolute Gasteiger partial charge is 0.328 e. The molecule has 0 spiro atoms. The van der Waals surface area contributed by atoms with E-state index in [1.165, 1.54) is 12.2 Å². The highest BCUT2D eigenvalue weighted by Gasteiger charge is 2.51. The lowest BCUT2D eigenvalue weighted by Gasteiger charge is -2.35. The highest BCUT2D eigenvalue weighted by Crippen LogP contribution is 2.36. The van der Waals surface area contributed by atoms with Crippen molar-refractivity contribution in [3.63, 3.8) is 0 Å². The molecule has 1 heterocycles. The van der Waals surface area contributed by atoms with Gasteiger partial charge in [-0.25, -0.2) is 4.79 Å². The molecule has 1 aliphatic rings. The fraction of sp³-hybridized carbons (Fsp3) is 0.450. The Morgan fingerprint density at radius 1 is 1.14 bits per heavy atom. The largest absolute Gasteiger partial charge is 0.481 e. The first-order valence-electron chi connectivity index (χ1n) is 9.22. The van der Waals surface area contributed by atoms with Crippen LogP contribution in [0.15, 0.2) is 23.8 Å². The predicted octanol–water partition coefficient (Wildman–Crippen LogP) is 1.02. The summed E-state index contributed by atoms with van der Waals surface area (Å²) in [5.74, 6) is -0.356. The summed E-state index contributed by atoms with van der Waals surface area (Å²) in [6.07, 6.45) is 11.0. The summed E-state index contributed by atoms with van der Waals surface area (Å²) in [5.41, 5.74) is -1.22. The number of urea groups is 1. The molecule has 1 saturated heterocycles. The average Bonchev–Trinajstić information content (AvgIpc) is 2.64. The number of aliphatic carboxylic acids is 1. The van der Waals surface area contributed by atoms with Crippen LogP contribution in [0.4, 0.5) is 4.79 Å². The minimum Gasteiger partial charge on any atom is -0.481 e. The molecule has 5 amide bonds. The van der Waals surface area contributed by atoms with E-state index in [1.54, 1.807) is 13.0 Å². The highest BCUT2D eigenvalue weighted by molar-refractivity contribution is 6.21. The topological polar surface area (TPSA) is 142 Å². The van der Waals surface area contributed by atoms with E-state index in [0.717, 1.165) is 0 Å². The average molecular weight is 403 g/mol. The number of amides is 5. The molecule has 0 unspecified atom stereocenters. The molecule has 29 heavy (non-hydrogen) atoms. The van der Waals surface area contributed by atoms with Crippen molar-refractivity contribution in [2.24, 2.45) is 5.41 Å². The predicted molar refractivity (Wildman–Crippen MR) is 104 cm³/mol. The number of allylic oxidation sites excluding steroid dienone is 3. The van der Waals surface area contributed by atoms with Crippen molar-refractivity contribution in [1.29, 1.82) is 0 Å². The number of nitrogens with one attached hydrogen (secondary N) is 3. The standard InChI is InChI=1S/C20H25N3O6/c1-3-5-9-14(4-2)20(17(27)22-19(29)23-18(20)28)12-6-7-13-21-15(24)10-8-11-16(25)26/h1,4-5,9H,6-8,10-13H2,2H3,(H,21,24)(H,25,26)(H2,22,23,27,28,29)/b9-5-,14-4+. The number of hydrogen-bond donors (Lipinski definition) is 4. The first-order valence-corrected chi connectivity index (χ1v) is 9.22. The molecule has 0 aliphatic carbocycles. The second-order valence-corrected chi connectivity index (χ2v) is 6.44. The van der Waals surface area contributed by atoms with Crippen LogP contribution in [0.2, 0.25) is 0 Å². The molecule has 9 heteroatoms. The van der Waals surface area contributed by atoms with Gasteiger partial charge in [-0.05, 0) is 50.3 Å². The Balaban J connectivity index is 2.72. The third-order valence-corrected chi connectivity index (χ3v) is 4.49. The number of carbonyl (C=O) groups is 5. The van der Waals surface area contributed by atoms with Gasteiger partial charge in [-0.1, -0.05) is 12.0 Å². The summed E-state index contributed by atoms with van der Waals surface area (Å²) in [7, 11) is 0. The molecular weight excluding hydrogens is 378 g/mol. The number of carbonyl (C=O) groups excluding carboxylic acids is 4. The lowest BCUT2D eigenvalue weighted by Crippen LogP contribution is -2.63. The van der Waals surface area contributed by atoms with E-state index in [2.05, 4.69) is 21.9 Å². The number of hydrogen-bond acceptors (Lipinski definition) is 5. The van der Waals surface area contributed by atoms with Gasteiger partial charge < -0.3 is 10.4 Å². The van der Waals surface area contributed by atoms with E-state index in [9.17, 15) is 24.0 Å². The van der Waals surface area contributed by atoms with Crippen LogP contribution < -0.4 is 16.0 Å². The van der Waals surface area contributed by atoms with Gasteiger partial charge in [0.25, 0.3) is 0 Å². The zero-order valence-electron chi connectivity index (χ0n) is 16.2. The molecule has 156 valence electrons. The van der Waals surface area contributed by atoms with Crippen LogP contribution in [0, 0.1) is 17.8 Å². The fourth-order valence-corrected chi connectivity index (χ4v) is 3.04. The number of rotatable bonds is 11. The van der Waals surface area contributed by atoms with Crippen LogP contribution >= 0.6 is 0 Å². The molecule has 9 nitrogen and oxygen atoms in total. The van der Waals surface area contributed by atoms with Crippen LogP contribution in [0.1, 0.15) is 45.4 Å². The maximum atomic E-state index is 12.6. The van der Waals surface area contributed by atoms with Gasteiger partial charge in [0.1, 0.15) is 0 Å². The van der Waals surface area contributed by atoms with Crippen molar-refractivity contribution >= 4 is 29.7 Å². The molecule has 1 aliphatic heterocycles.